The van der Waals surface area contributed by atoms with Crippen molar-refractivity contribution >= 4 is 33.5 Å². The Hall–Kier alpha value is -0.400. The summed E-state index contributed by atoms with van der Waals surface area (Å²) in [6.45, 7) is 0. The predicted molar refractivity (Wildman–Crippen MR) is 52.8 cm³/mol. The van der Waals surface area contributed by atoms with Crippen LogP contribution in [0.4, 0.5) is 0 Å². The molecule has 7 heteroatoms. The first-order valence-electron chi connectivity index (χ1n) is 3.48. The Labute approximate surface area is 83.5 Å². The zero-order chi connectivity index (χ0) is 10.3. The minimum absolute atomic E-state index is 0.0833. The van der Waals surface area contributed by atoms with E-state index in [2.05, 4.69) is 0 Å². The van der Waals surface area contributed by atoms with Crippen LogP contribution in [0.1, 0.15) is 6.42 Å². The lowest BCUT2D eigenvalue weighted by atomic mass is 10.4. The zero-order valence-electron chi connectivity index (χ0n) is 6.80. The third-order valence-electron chi connectivity index (χ3n) is 1.05. The van der Waals surface area contributed by atoms with Gasteiger partial charge in [0.1, 0.15) is 6.04 Å². The van der Waals surface area contributed by atoms with E-state index in [-0.39, 0.29) is 6.42 Å². The Morgan fingerprint density at radius 3 is 2.38 bits per heavy atom. The number of hydrogen-bond acceptors (Lipinski definition) is 5. The Kier molecular flexibility index (Phi) is 6.83. The Morgan fingerprint density at radius 2 is 1.92 bits per heavy atom. The van der Waals surface area contributed by atoms with E-state index < -0.39 is 18.0 Å². The smallest absolute Gasteiger partial charge is 0.321 e. The summed E-state index contributed by atoms with van der Waals surface area (Å²) >= 11 is 0. The highest BCUT2D eigenvalue weighted by Crippen LogP contribution is 2.22. The second kappa shape index (κ2) is 7.05. The van der Waals surface area contributed by atoms with Crippen LogP contribution in [0, 0.1) is 0 Å². The molecular weight excluding hydrogens is 214 g/mol. The van der Waals surface area contributed by atoms with Crippen LogP contribution < -0.4 is 5.73 Å². The first kappa shape index (κ1) is 12.6. The molecule has 5 nitrogen and oxygen atoms in total. The van der Waals surface area contributed by atoms with Crippen molar-refractivity contribution in [3.63, 3.8) is 0 Å². The molecule has 0 fully saturated rings. The zero-order valence-corrected chi connectivity index (χ0v) is 8.44. The molecule has 0 spiro atoms. The van der Waals surface area contributed by atoms with Crippen LogP contribution >= 0.6 is 21.6 Å². The number of carbonyl (C=O) groups is 2. The number of carboxylic acids is 2. The highest BCUT2D eigenvalue weighted by Gasteiger charge is 2.10. The monoisotopic (exact) mass is 225 g/mol. The van der Waals surface area contributed by atoms with Gasteiger partial charge in [0, 0.05) is 11.5 Å². The number of rotatable bonds is 7. The van der Waals surface area contributed by atoms with Crippen molar-refractivity contribution in [2.24, 2.45) is 5.73 Å². The summed E-state index contributed by atoms with van der Waals surface area (Å²) in [5.41, 5.74) is 5.21. The fourth-order valence-electron chi connectivity index (χ4n) is 0.381. The molecule has 0 amide bonds. The molecule has 0 aromatic rings. The SMILES string of the molecule is NC(CSSCCC(=O)O)C(=O)O. The van der Waals surface area contributed by atoms with Crippen molar-refractivity contribution in [3.05, 3.63) is 0 Å². The van der Waals surface area contributed by atoms with E-state index in [1.54, 1.807) is 0 Å². The average molecular weight is 225 g/mol. The molecule has 0 aromatic heterocycles. The molecule has 0 saturated carbocycles. The summed E-state index contributed by atoms with van der Waals surface area (Å²) in [7, 11) is 2.60. The van der Waals surface area contributed by atoms with Gasteiger partial charge in [-0.15, -0.1) is 0 Å². The minimum atomic E-state index is -1.04. The fourth-order valence-corrected chi connectivity index (χ4v) is 2.47. The molecule has 0 aliphatic carbocycles. The molecule has 0 aliphatic heterocycles. The van der Waals surface area contributed by atoms with Crippen LogP contribution in [0.5, 0.6) is 0 Å². The third kappa shape index (κ3) is 7.94. The van der Waals surface area contributed by atoms with Crippen LogP contribution in [0.2, 0.25) is 0 Å². The fraction of sp³-hybridized carbons (Fsp3) is 0.667. The van der Waals surface area contributed by atoms with Gasteiger partial charge in [0.25, 0.3) is 0 Å². The summed E-state index contributed by atoms with van der Waals surface area (Å²) in [6, 6.07) is -0.873. The number of aliphatic carboxylic acids is 2. The molecule has 0 saturated heterocycles. The second-order valence-electron chi connectivity index (χ2n) is 2.19. The largest absolute Gasteiger partial charge is 0.481 e. The van der Waals surface area contributed by atoms with Crippen LogP contribution in [0.25, 0.3) is 0 Å². The van der Waals surface area contributed by atoms with E-state index in [1.807, 2.05) is 0 Å². The normalized spacial score (nSPS) is 12.4. The highest BCUT2D eigenvalue weighted by molar-refractivity contribution is 8.76. The molecule has 1 unspecified atom stereocenters. The maximum Gasteiger partial charge on any atom is 0.321 e. The van der Waals surface area contributed by atoms with Crippen molar-refractivity contribution in [2.45, 2.75) is 12.5 Å². The van der Waals surface area contributed by atoms with Gasteiger partial charge in [0.2, 0.25) is 0 Å². The number of hydrogen-bond donors (Lipinski definition) is 3. The third-order valence-corrected chi connectivity index (χ3v) is 3.49. The molecule has 0 bridgehead atoms. The Balaban J connectivity index is 3.26. The summed E-state index contributed by atoms with van der Waals surface area (Å²) in [5, 5.41) is 16.7. The topological polar surface area (TPSA) is 101 Å². The lowest BCUT2D eigenvalue weighted by molar-refractivity contribution is -0.138. The molecule has 0 aromatic carbocycles. The van der Waals surface area contributed by atoms with Crippen LogP contribution in [-0.4, -0.2) is 39.7 Å². The first-order chi connectivity index (χ1) is 6.04. The van der Waals surface area contributed by atoms with Crippen LogP contribution in [0.15, 0.2) is 0 Å². The van der Waals surface area contributed by atoms with Gasteiger partial charge >= 0.3 is 11.9 Å². The average Bonchev–Trinajstić information content (AvgIpc) is 2.02. The van der Waals surface area contributed by atoms with Gasteiger partial charge in [-0.05, 0) is 0 Å². The van der Waals surface area contributed by atoms with Crippen molar-refractivity contribution < 1.29 is 19.8 Å². The minimum Gasteiger partial charge on any atom is -0.481 e. The van der Waals surface area contributed by atoms with E-state index in [9.17, 15) is 9.59 Å². The van der Waals surface area contributed by atoms with Crippen molar-refractivity contribution in [1.29, 1.82) is 0 Å². The van der Waals surface area contributed by atoms with E-state index in [4.69, 9.17) is 15.9 Å². The molecule has 1 atom stereocenters. The van der Waals surface area contributed by atoms with E-state index >= 15 is 0 Å². The van der Waals surface area contributed by atoms with E-state index in [0.29, 0.717) is 11.5 Å². The lowest BCUT2D eigenvalue weighted by Gasteiger charge is -2.03. The Morgan fingerprint density at radius 1 is 1.31 bits per heavy atom. The molecule has 0 aliphatic rings. The van der Waals surface area contributed by atoms with Crippen LogP contribution in [-0.2, 0) is 9.59 Å². The molecular formula is C6H11NO4S2. The quantitative estimate of drug-likeness (QED) is 0.422. The summed E-state index contributed by atoms with van der Waals surface area (Å²) in [6.07, 6.45) is 0.0833. The molecule has 0 radical (unpaired) electrons. The summed E-state index contributed by atoms with van der Waals surface area (Å²) in [5.74, 6) is -1.13. The van der Waals surface area contributed by atoms with Gasteiger partial charge in [0.15, 0.2) is 0 Å². The first-order valence-corrected chi connectivity index (χ1v) is 5.97. The molecule has 4 N–H and O–H groups in total. The standard InChI is InChI=1S/C6H11NO4S2/c7-4(6(10)11)3-13-12-2-1-5(8)9/h4H,1-3,7H2,(H,8,9)(H,10,11). The lowest BCUT2D eigenvalue weighted by Crippen LogP contribution is -2.32. The van der Waals surface area contributed by atoms with Crippen molar-refractivity contribution in [2.75, 3.05) is 11.5 Å². The van der Waals surface area contributed by atoms with Crippen LogP contribution in [0.3, 0.4) is 0 Å². The highest BCUT2D eigenvalue weighted by atomic mass is 33.1. The van der Waals surface area contributed by atoms with Gasteiger partial charge in [-0.2, -0.15) is 0 Å². The summed E-state index contributed by atoms with van der Waals surface area (Å²) < 4.78 is 0. The van der Waals surface area contributed by atoms with Crippen molar-refractivity contribution in [3.8, 4) is 0 Å². The Bertz CT molecular complexity index is 187. The maximum atomic E-state index is 10.2. The second-order valence-corrected chi connectivity index (χ2v) is 4.82. The van der Waals surface area contributed by atoms with Gasteiger partial charge in [-0.25, -0.2) is 0 Å². The van der Waals surface area contributed by atoms with Gasteiger partial charge in [0.05, 0.1) is 6.42 Å². The van der Waals surface area contributed by atoms with Gasteiger partial charge in [-0.1, -0.05) is 21.6 Å². The maximum absolute atomic E-state index is 10.2. The van der Waals surface area contributed by atoms with Gasteiger partial charge < -0.3 is 15.9 Å². The van der Waals surface area contributed by atoms with Gasteiger partial charge in [-0.3, -0.25) is 9.59 Å². The number of carboxylic acid groups (broad SMARTS) is 2. The molecule has 13 heavy (non-hydrogen) atoms. The van der Waals surface area contributed by atoms with E-state index in [0.717, 1.165) is 0 Å². The van der Waals surface area contributed by atoms with Crippen molar-refractivity contribution in [1.82, 2.24) is 0 Å². The number of nitrogens with two attached hydrogens (primary N) is 1. The summed E-state index contributed by atoms with van der Waals surface area (Å²) in [4.78, 5) is 20.3. The molecule has 0 rings (SSSR count). The molecule has 76 valence electrons. The predicted octanol–water partition coefficient (Wildman–Crippen LogP) is 0.254. The molecule has 0 heterocycles. The van der Waals surface area contributed by atoms with E-state index in [1.165, 1.54) is 21.6 Å².